The zero-order chi connectivity index (χ0) is 16.4. The smallest absolute Gasteiger partial charge is 0.310 e. The van der Waals surface area contributed by atoms with Gasteiger partial charge in [-0.2, -0.15) is 9.50 Å². The number of anilines is 2. The zero-order valence-corrected chi connectivity index (χ0v) is 13.4. The molecule has 1 atom stereocenters. The molecular weight excluding hydrogens is 298 g/mol. The molecule has 124 valence electrons. The van der Waals surface area contributed by atoms with Gasteiger partial charge in [-0.1, -0.05) is 0 Å². The van der Waals surface area contributed by atoms with Crippen molar-refractivity contribution in [2.75, 3.05) is 37.4 Å². The third-order valence-corrected chi connectivity index (χ3v) is 4.03. The Hall–Kier alpha value is -2.51. The standard InChI is InChI=1S/C15H21N5O3/c1-3-23-14(21)10-5-4-8-19(9-10)12-7-6-11(22-2)13-17-15(16)18-20(12)13/h6-7,10H,3-5,8-9H2,1-2H3,(H2,16,18). The van der Waals surface area contributed by atoms with Crippen molar-refractivity contribution in [1.82, 2.24) is 14.6 Å². The number of hydrogen-bond acceptors (Lipinski definition) is 7. The van der Waals surface area contributed by atoms with Crippen LogP contribution in [0.25, 0.3) is 5.65 Å². The van der Waals surface area contributed by atoms with Crippen LogP contribution in [0.15, 0.2) is 12.1 Å². The van der Waals surface area contributed by atoms with E-state index in [9.17, 15) is 4.79 Å². The van der Waals surface area contributed by atoms with Crippen molar-refractivity contribution in [3.63, 3.8) is 0 Å². The average Bonchev–Trinajstić information content (AvgIpc) is 2.95. The van der Waals surface area contributed by atoms with Gasteiger partial charge in [-0.3, -0.25) is 4.79 Å². The highest BCUT2D eigenvalue weighted by atomic mass is 16.5. The molecule has 3 rings (SSSR count). The first-order chi connectivity index (χ1) is 11.1. The Kier molecular flexibility index (Phi) is 4.22. The van der Waals surface area contributed by atoms with Gasteiger partial charge in [-0.05, 0) is 31.9 Å². The first-order valence-electron chi connectivity index (χ1n) is 7.75. The van der Waals surface area contributed by atoms with Gasteiger partial charge in [0.2, 0.25) is 11.6 Å². The van der Waals surface area contributed by atoms with Crippen molar-refractivity contribution in [2.45, 2.75) is 19.8 Å². The summed E-state index contributed by atoms with van der Waals surface area (Å²) in [5.74, 6) is 1.38. The summed E-state index contributed by atoms with van der Waals surface area (Å²) in [6.07, 6.45) is 1.76. The fourth-order valence-electron chi connectivity index (χ4n) is 2.98. The van der Waals surface area contributed by atoms with E-state index in [1.165, 1.54) is 0 Å². The maximum absolute atomic E-state index is 12.0. The van der Waals surface area contributed by atoms with Crippen LogP contribution in [-0.4, -0.2) is 47.4 Å². The molecule has 1 unspecified atom stereocenters. The third kappa shape index (κ3) is 2.88. The van der Waals surface area contributed by atoms with Crippen LogP contribution in [-0.2, 0) is 9.53 Å². The number of pyridine rings is 1. The van der Waals surface area contributed by atoms with E-state index in [0.717, 1.165) is 25.2 Å². The Balaban J connectivity index is 1.92. The molecule has 3 heterocycles. The molecule has 1 saturated heterocycles. The van der Waals surface area contributed by atoms with E-state index in [-0.39, 0.29) is 17.8 Å². The number of nitrogens with zero attached hydrogens (tertiary/aromatic N) is 4. The molecule has 2 aromatic rings. The second-order valence-electron chi connectivity index (χ2n) is 5.50. The minimum atomic E-state index is -0.139. The number of piperidine rings is 1. The number of carbonyl (C=O) groups is 1. The second-order valence-corrected chi connectivity index (χ2v) is 5.50. The lowest BCUT2D eigenvalue weighted by atomic mass is 9.98. The van der Waals surface area contributed by atoms with E-state index in [2.05, 4.69) is 15.0 Å². The summed E-state index contributed by atoms with van der Waals surface area (Å²) in [6, 6.07) is 3.75. The fraction of sp³-hybridized carbons (Fsp3) is 0.533. The van der Waals surface area contributed by atoms with Crippen molar-refractivity contribution in [2.24, 2.45) is 5.92 Å². The molecule has 2 N–H and O–H groups in total. The van der Waals surface area contributed by atoms with Crippen molar-refractivity contribution >= 4 is 23.4 Å². The van der Waals surface area contributed by atoms with Gasteiger partial charge < -0.3 is 20.1 Å². The van der Waals surface area contributed by atoms with E-state index in [1.54, 1.807) is 11.6 Å². The summed E-state index contributed by atoms with van der Waals surface area (Å²) >= 11 is 0. The van der Waals surface area contributed by atoms with Crippen molar-refractivity contribution in [1.29, 1.82) is 0 Å². The molecule has 0 aromatic carbocycles. The van der Waals surface area contributed by atoms with Gasteiger partial charge in [0.25, 0.3) is 0 Å². The predicted octanol–water partition coefficient (Wildman–Crippen LogP) is 1.10. The lowest BCUT2D eigenvalue weighted by Gasteiger charge is -2.33. The predicted molar refractivity (Wildman–Crippen MR) is 85.5 cm³/mol. The molecule has 8 nitrogen and oxygen atoms in total. The lowest BCUT2D eigenvalue weighted by Crippen LogP contribution is -2.40. The summed E-state index contributed by atoms with van der Waals surface area (Å²) in [6.45, 7) is 3.67. The van der Waals surface area contributed by atoms with Crippen LogP contribution in [0.5, 0.6) is 5.75 Å². The Labute approximate surface area is 134 Å². The first-order valence-corrected chi connectivity index (χ1v) is 7.75. The number of aromatic nitrogens is 3. The minimum Gasteiger partial charge on any atom is -0.493 e. The van der Waals surface area contributed by atoms with Crippen molar-refractivity contribution < 1.29 is 14.3 Å². The molecule has 0 amide bonds. The van der Waals surface area contributed by atoms with Gasteiger partial charge in [0.1, 0.15) is 5.82 Å². The number of carbonyl (C=O) groups excluding carboxylic acids is 1. The summed E-state index contributed by atoms with van der Waals surface area (Å²) in [4.78, 5) is 18.3. The number of hydrogen-bond donors (Lipinski definition) is 1. The third-order valence-electron chi connectivity index (χ3n) is 4.03. The normalized spacial score (nSPS) is 18.2. The van der Waals surface area contributed by atoms with Gasteiger partial charge >= 0.3 is 5.97 Å². The van der Waals surface area contributed by atoms with Crippen LogP contribution >= 0.6 is 0 Å². The van der Waals surface area contributed by atoms with Crippen LogP contribution in [0.2, 0.25) is 0 Å². The van der Waals surface area contributed by atoms with Gasteiger partial charge in [-0.15, -0.1) is 5.10 Å². The van der Waals surface area contributed by atoms with Crippen LogP contribution < -0.4 is 15.4 Å². The molecule has 0 spiro atoms. The second kappa shape index (κ2) is 6.31. The number of methoxy groups -OCH3 is 1. The number of esters is 1. The number of rotatable bonds is 4. The average molecular weight is 319 g/mol. The molecule has 1 aliphatic heterocycles. The number of fused-ring (bicyclic) bond motifs is 1. The highest BCUT2D eigenvalue weighted by Crippen LogP contribution is 2.28. The Bertz CT molecular complexity index is 714. The van der Waals surface area contributed by atoms with E-state index in [4.69, 9.17) is 15.2 Å². The molecule has 0 saturated carbocycles. The molecule has 8 heteroatoms. The molecule has 1 fully saturated rings. The zero-order valence-electron chi connectivity index (χ0n) is 13.4. The molecular formula is C15H21N5O3. The van der Waals surface area contributed by atoms with Crippen molar-refractivity contribution in [3.05, 3.63) is 12.1 Å². The number of nitrogens with two attached hydrogens (primary N) is 1. The van der Waals surface area contributed by atoms with Gasteiger partial charge in [0.05, 0.1) is 19.6 Å². The Morgan fingerprint density at radius 2 is 2.30 bits per heavy atom. The van der Waals surface area contributed by atoms with Crippen LogP contribution in [0.3, 0.4) is 0 Å². The summed E-state index contributed by atoms with van der Waals surface area (Å²) < 4.78 is 12.1. The quantitative estimate of drug-likeness (QED) is 0.843. The molecule has 23 heavy (non-hydrogen) atoms. The molecule has 1 aliphatic rings. The van der Waals surface area contributed by atoms with E-state index < -0.39 is 0 Å². The van der Waals surface area contributed by atoms with E-state index >= 15 is 0 Å². The number of ether oxygens (including phenoxy) is 2. The maximum atomic E-state index is 12.0. The molecule has 2 aromatic heterocycles. The van der Waals surface area contributed by atoms with Gasteiger partial charge in [-0.25, -0.2) is 0 Å². The van der Waals surface area contributed by atoms with Crippen LogP contribution in [0.4, 0.5) is 11.8 Å². The molecule has 0 radical (unpaired) electrons. The van der Waals surface area contributed by atoms with Gasteiger partial charge in [0, 0.05) is 13.1 Å². The largest absolute Gasteiger partial charge is 0.493 e. The maximum Gasteiger partial charge on any atom is 0.310 e. The Morgan fingerprint density at radius 1 is 1.48 bits per heavy atom. The van der Waals surface area contributed by atoms with Crippen LogP contribution in [0.1, 0.15) is 19.8 Å². The topological polar surface area (TPSA) is 95.0 Å². The lowest BCUT2D eigenvalue weighted by molar-refractivity contribution is -0.148. The highest BCUT2D eigenvalue weighted by molar-refractivity contribution is 5.73. The van der Waals surface area contributed by atoms with E-state index in [0.29, 0.717) is 24.5 Å². The molecule has 0 bridgehead atoms. The van der Waals surface area contributed by atoms with Crippen molar-refractivity contribution in [3.8, 4) is 5.75 Å². The highest BCUT2D eigenvalue weighted by Gasteiger charge is 2.28. The van der Waals surface area contributed by atoms with Crippen LogP contribution in [0, 0.1) is 5.92 Å². The monoisotopic (exact) mass is 319 g/mol. The summed E-state index contributed by atoms with van der Waals surface area (Å²) in [7, 11) is 1.58. The summed E-state index contributed by atoms with van der Waals surface area (Å²) in [5.41, 5.74) is 6.31. The molecule has 0 aliphatic carbocycles. The Morgan fingerprint density at radius 3 is 3.04 bits per heavy atom. The minimum absolute atomic E-state index is 0.123. The number of nitrogen functional groups attached to an aromatic ring is 1. The fourth-order valence-corrected chi connectivity index (χ4v) is 2.98. The first kappa shape index (κ1) is 15.4. The van der Waals surface area contributed by atoms with E-state index in [1.807, 2.05) is 19.1 Å². The van der Waals surface area contributed by atoms with Gasteiger partial charge in [0.15, 0.2) is 5.75 Å². The SMILES string of the molecule is CCOC(=O)C1CCCN(c2ccc(OC)c3nc(N)nn23)C1. The summed E-state index contributed by atoms with van der Waals surface area (Å²) in [5, 5.41) is 4.25.